The summed E-state index contributed by atoms with van der Waals surface area (Å²) in [7, 11) is 0. The van der Waals surface area contributed by atoms with Crippen molar-refractivity contribution in [3.8, 4) is 16.9 Å². The molecule has 2 aromatic carbocycles. The van der Waals surface area contributed by atoms with Crippen LogP contribution in [-0.2, 0) is 12.8 Å². The maximum atomic E-state index is 11.8. The number of carbonyl (C=O) groups is 2. The lowest BCUT2D eigenvalue weighted by Gasteiger charge is -2.20. The van der Waals surface area contributed by atoms with Gasteiger partial charge in [0.05, 0.1) is 11.4 Å². The summed E-state index contributed by atoms with van der Waals surface area (Å²) in [5, 5.41) is 13.9. The van der Waals surface area contributed by atoms with Crippen LogP contribution in [0.2, 0.25) is 0 Å². The Balaban J connectivity index is 2.05. The Labute approximate surface area is 143 Å². The van der Waals surface area contributed by atoms with Crippen molar-refractivity contribution in [1.82, 2.24) is 9.78 Å². The number of para-hydroxylation sites is 1. The molecule has 0 spiro atoms. The normalized spacial score (nSPS) is 12.3. The van der Waals surface area contributed by atoms with Gasteiger partial charge in [-0.05, 0) is 36.6 Å². The highest BCUT2D eigenvalue weighted by Gasteiger charge is 2.30. The Morgan fingerprint density at radius 2 is 1.72 bits per heavy atom. The van der Waals surface area contributed by atoms with Crippen molar-refractivity contribution in [1.29, 1.82) is 0 Å². The van der Waals surface area contributed by atoms with Crippen LogP contribution >= 0.6 is 0 Å². The van der Waals surface area contributed by atoms with E-state index in [-0.39, 0.29) is 5.69 Å². The van der Waals surface area contributed by atoms with E-state index in [0.717, 1.165) is 16.8 Å². The van der Waals surface area contributed by atoms with Gasteiger partial charge in [-0.25, -0.2) is 9.48 Å². The zero-order valence-electron chi connectivity index (χ0n) is 13.3. The Morgan fingerprint density at radius 3 is 2.40 bits per heavy atom. The van der Waals surface area contributed by atoms with E-state index >= 15 is 0 Å². The minimum Gasteiger partial charge on any atom is -0.476 e. The van der Waals surface area contributed by atoms with Crippen molar-refractivity contribution in [2.24, 2.45) is 5.73 Å². The summed E-state index contributed by atoms with van der Waals surface area (Å²) in [6, 6.07) is 14.7. The van der Waals surface area contributed by atoms with Crippen LogP contribution in [0.15, 0.2) is 48.5 Å². The molecule has 3 aromatic rings. The van der Waals surface area contributed by atoms with E-state index in [9.17, 15) is 14.7 Å². The van der Waals surface area contributed by atoms with Crippen LogP contribution in [0.3, 0.4) is 0 Å². The monoisotopic (exact) mass is 333 g/mol. The average Bonchev–Trinajstić information content (AvgIpc) is 3.02. The van der Waals surface area contributed by atoms with Gasteiger partial charge in [-0.3, -0.25) is 4.79 Å². The molecule has 25 heavy (non-hydrogen) atoms. The highest BCUT2D eigenvalue weighted by Crippen LogP contribution is 2.38. The highest BCUT2D eigenvalue weighted by atomic mass is 16.4. The van der Waals surface area contributed by atoms with Crippen molar-refractivity contribution in [3.63, 3.8) is 0 Å². The van der Waals surface area contributed by atoms with E-state index in [1.54, 1.807) is 16.8 Å². The fourth-order valence-corrected chi connectivity index (χ4v) is 3.45. The number of aromatic nitrogens is 2. The first-order valence-corrected chi connectivity index (χ1v) is 7.90. The molecule has 0 unspecified atom stereocenters. The third kappa shape index (κ3) is 2.30. The molecule has 124 valence electrons. The third-order valence-corrected chi connectivity index (χ3v) is 4.51. The molecule has 0 fully saturated rings. The standard InChI is InChI=1S/C19H15N3O3/c20-18(23)14-8-4-7-13-12(14)9-10-15-16(19(24)25)21-22(17(13)15)11-5-2-1-3-6-11/h1-8H,9-10H2,(H2,20,23)(H,24,25). The predicted octanol–water partition coefficient (Wildman–Crippen LogP) is 2.44. The summed E-state index contributed by atoms with van der Waals surface area (Å²) in [6.45, 7) is 0. The number of primary amides is 1. The lowest BCUT2D eigenvalue weighted by Crippen LogP contribution is -2.17. The number of nitrogens with zero attached hydrogens (tertiary/aromatic N) is 2. The molecule has 1 amide bonds. The Hall–Kier alpha value is -3.41. The molecule has 0 saturated carbocycles. The van der Waals surface area contributed by atoms with Gasteiger partial charge in [0.15, 0.2) is 5.69 Å². The van der Waals surface area contributed by atoms with Gasteiger partial charge in [0.1, 0.15) is 0 Å². The van der Waals surface area contributed by atoms with E-state index in [0.29, 0.717) is 29.7 Å². The smallest absolute Gasteiger partial charge is 0.356 e. The van der Waals surface area contributed by atoms with Crippen molar-refractivity contribution >= 4 is 11.9 Å². The fourth-order valence-electron chi connectivity index (χ4n) is 3.45. The van der Waals surface area contributed by atoms with Gasteiger partial charge in [-0.2, -0.15) is 5.10 Å². The first-order chi connectivity index (χ1) is 12.1. The number of hydrogen-bond acceptors (Lipinski definition) is 3. The molecule has 1 aromatic heterocycles. The summed E-state index contributed by atoms with van der Waals surface area (Å²) in [6.07, 6.45) is 1.06. The molecule has 3 N–H and O–H groups in total. The molecule has 0 bridgehead atoms. The second-order valence-corrected chi connectivity index (χ2v) is 5.92. The topological polar surface area (TPSA) is 98.2 Å². The zero-order chi connectivity index (χ0) is 17.6. The van der Waals surface area contributed by atoms with Crippen LogP contribution in [0.25, 0.3) is 16.9 Å². The molecule has 0 aliphatic heterocycles. The number of carbonyl (C=O) groups excluding carboxylic acids is 1. The Kier molecular flexibility index (Phi) is 3.39. The van der Waals surface area contributed by atoms with E-state index in [4.69, 9.17) is 5.73 Å². The van der Waals surface area contributed by atoms with Gasteiger partial charge in [0.25, 0.3) is 0 Å². The lowest BCUT2D eigenvalue weighted by molar-refractivity contribution is 0.0688. The number of carboxylic acids is 1. The van der Waals surface area contributed by atoms with E-state index in [1.165, 1.54) is 0 Å². The number of amides is 1. The third-order valence-electron chi connectivity index (χ3n) is 4.51. The second kappa shape index (κ2) is 5.59. The number of aromatic carboxylic acids is 1. The minimum atomic E-state index is -1.06. The van der Waals surface area contributed by atoms with Crippen LogP contribution in [0.5, 0.6) is 0 Å². The molecule has 1 heterocycles. The number of nitrogens with two attached hydrogens (primary N) is 1. The van der Waals surface area contributed by atoms with Crippen LogP contribution in [-0.4, -0.2) is 26.8 Å². The van der Waals surface area contributed by atoms with E-state index in [2.05, 4.69) is 5.10 Å². The summed E-state index contributed by atoms with van der Waals surface area (Å²) in [5.74, 6) is -1.54. The maximum Gasteiger partial charge on any atom is 0.356 e. The molecular weight excluding hydrogens is 318 g/mol. The van der Waals surface area contributed by atoms with Gasteiger partial charge in [0, 0.05) is 16.7 Å². The van der Waals surface area contributed by atoms with Crippen molar-refractivity contribution in [2.45, 2.75) is 12.8 Å². The second-order valence-electron chi connectivity index (χ2n) is 5.92. The van der Waals surface area contributed by atoms with E-state index < -0.39 is 11.9 Å². The number of hydrogen-bond donors (Lipinski definition) is 2. The molecule has 1 aliphatic rings. The number of rotatable bonds is 3. The fraction of sp³-hybridized carbons (Fsp3) is 0.105. The van der Waals surface area contributed by atoms with Crippen molar-refractivity contribution in [3.05, 3.63) is 70.9 Å². The number of benzene rings is 2. The summed E-state index contributed by atoms with van der Waals surface area (Å²) in [5.41, 5.74) is 9.85. The highest BCUT2D eigenvalue weighted by molar-refractivity contribution is 5.98. The molecule has 6 nitrogen and oxygen atoms in total. The molecule has 1 aliphatic carbocycles. The SMILES string of the molecule is NC(=O)c1cccc2c1CCc1c(C(=O)O)nn(-c3ccccc3)c1-2. The molecule has 6 heteroatoms. The largest absolute Gasteiger partial charge is 0.476 e. The lowest BCUT2D eigenvalue weighted by atomic mass is 9.85. The Morgan fingerprint density at radius 1 is 1.00 bits per heavy atom. The first-order valence-electron chi connectivity index (χ1n) is 7.90. The van der Waals surface area contributed by atoms with E-state index in [1.807, 2.05) is 36.4 Å². The van der Waals surface area contributed by atoms with Crippen molar-refractivity contribution < 1.29 is 14.7 Å². The quantitative estimate of drug-likeness (QED) is 0.769. The summed E-state index contributed by atoms with van der Waals surface area (Å²) < 4.78 is 1.64. The zero-order valence-corrected chi connectivity index (χ0v) is 13.3. The minimum absolute atomic E-state index is 0.0500. The maximum absolute atomic E-state index is 11.8. The summed E-state index contributed by atoms with van der Waals surface area (Å²) >= 11 is 0. The van der Waals surface area contributed by atoms with Crippen LogP contribution in [0.4, 0.5) is 0 Å². The number of fused-ring (bicyclic) bond motifs is 3. The van der Waals surface area contributed by atoms with Crippen molar-refractivity contribution in [2.75, 3.05) is 0 Å². The predicted molar refractivity (Wildman–Crippen MR) is 91.9 cm³/mol. The molecule has 0 saturated heterocycles. The number of carboxylic acid groups (broad SMARTS) is 1. The molecular formula is C19H15N3O3. The van der Waals surface area contributed by atoms with Crippen LogP contribution in [0, 0.1) is 0 Å². The van der Waals surface area contributed by atoms with Gasteiger partial charge in [-0.1, -0.05) is 30.3 Å². The van der Waals surface area contributed by atoms with Gasteiger partial charge < -0.3 is 10.8 Å². The van der Waals surface area contributed by atoms with Gasteiger partial charge in [0.2, 0.25) is 5.91 Å². The average molecular weight is 333 g/mol. The first kappa shape index (κ1) is 15.1. The van der Waals surface area contributed by atoms with Crippen LogP contribution in [0.1, 0.15) is 32.0 Å². The van der Waals surface area contributed by atoms with Gasteiger partial charge >= 0.3 is 5.97 Å². The Bertz CT molecular complexity index is 1010. The molecule has 0 radical (unpaired) electrons. The molecule has 4 rings (SSSR count). The molecule has 0 atom stereocenters. The van der Waals surface area contributed by atoms with Gasteiger partial charge in [-0.15, -0.1) is 0 Å². The van der Waals surface area contributed by atoms with Crippen LogP contribution < -0.4 is 5.73 Å². The summed E-state index contributed by atoms with van der Waals surface area (Å²) in [4.78, 5) is 23.4.